The molecule has 1 aromatic carbocycles. The van der Waals surface area contributed by atoms with Crippen LogP contribution >= 0.6 is 11.8 Å². The normalized spacial score (nSPS) is 25.2. The molecular formula is C12H12OS. The predicted molar refractivity (Wildman–Crippen MR) is 60.1 cm³/mol. The van der Waals surface area contributed by atoms with E-state index in [4.69, 9.17) is 0 Å². The molecule has 0 aromatic heterocycles. The van der Waals surface area contributed by atoms with Gasteiger partial charge in [0.1, 0.15) is 4.75 Å². The number of hydrogen-bond donors (Lipinski definition) is 0. The predicted octanol–water partition coefficient (Wildman–Crippen LogP) is 3.12. The third-order valence-electron chi connectivity index (χ3n) is 2.58. The number of carbonyl (C=O) groups is 1. The Balaban J connectivity index is 2.43. The number of hydrogen-bond acceptors (Lipinski definition) is 2. The molecule has 1 aliphatic heterocycles. The summed E-state index contributed by atoms with van der Waals surface area (Å²) < 4.78 is -0.346. The van der Waals surface area contributed by atoms with Gasteiger partial charge in [0.2, 0.25) is 0 Å². The van der Waals surface area contributed by atoms with Crippen molar-refractivity contribution in [2.24, 2.45) is 0 Å². The van der Waals surface area contributed by atoms with E-state index in [0.717, 1.165) is 12.0 Å². The van der Waals surface area contributed by atoms with Crippen molar-refractivity contribution in [2.45, 2.75) is 18.1 Å². The van der Waals surface area contributed by atoms with Gasteiger partial charge in [-0.15, -0.1) is 11.8 Å². The van der Waals surface area contributed by atoms with E-state index in [1.165, 1.54) is 0 Å². The fraction of sp³-hybridized carbons (Fsp3) is 0.250. The van der Waals surface area contributed by atoms with Crippen LogP contribution < -0.4 is 0 Å². The molecule has 0 N–H and O–H groups in total. The standard InChI is InChI=1S/C12H12OS/c1-10(13)12(8-5-9-14-12)11-6-3-2-4-7-11/h2-7,9H,8H2,1H3. The van der Waals surface area contributed by atoms with Gasteiger partial charge in [0, 0.05) is 0 Å². The fourth-order valence-electron chi connectivity index (χ4n) is 1.75. The maximum atomic E-state index is 11.7. The van der Waals surface area contributed by atoms with Gasteiger partial charge in [-0.05, 0) is 24.3 Å². The van der Waals surface area contributed by atoms with Gasteiger partial charge < -0.3 is 0 Å². The fourth-order valence-corrected chi connectivity index (χ4v) is 2.81. The van der Waals surface area contributed by atoms with Crippen LogP contribution in [-0.4, -0.2) is 5.78 Å². The van der Waals surface area contributed by atoms with Crippen molar-refractivity contribution in [1.29, 1.82) is 0 Å². The molecule has 2 heteroatoms. The number of rotatable bonds is 2. The van der Waals surface area contributed by atoms with Crippen LogP contribution in [0.2, 0.25) is 0 Å². The van der Waals surface area contributed by atoms with Crippen LogP contribution in [-0.2, 0) is 9.54 Å². The third kappa shape index (κ3) is 1.40. The van der Waals surface area contributed by atoms with E-state index >= 15 is 0 Å². The first-order valence-electron chi connectivity index (χ1n) is 4.65. The Morgan fingerprint density at radius 3 is 2.57 bits per heavy atom. The first-order chi connectivity index (χ1) is 6.76. The van der Waals surface area contributed by atoms with Gasteiger partial charge in [-0.25, -0.2) is 0 Å². The quantitative estimate of drug-likeness (QED) is 0.736. The summed E-state index contributed by atoms with van der Waals surface area (Å²) in [6.07, 6.45) is 2.88. The Morgan fingerprint density at radius 2 is 2.07 bits per heavy atom. The minimum Gasteiger partial charge on any atom is -0.298 e. The van der Waals surface area contributed by atoms with Gasteiger partial charge in [0.25, 0.3) is 0 Å². The van der Waals surface area contributed by atoms with Crippen molar-refractivity contribution in [3.05, 3.63) is 47.4 Å². The lowest BCUT2D eigenvalue weighted by atomic mass is 9.91. The largest absolute Gasteiger partial charge is 0.298 e. The van der Waals surface area contributed by atoms with Crippen molar-refractivity contribution in [3.8, 4) is 0 Å². The Hall–Kier alpha value is -1.02. The molecular weight excluding hydrogens is 192 g/mol. The van der Waals surface area contributed by atoms with E-state index in [0.29, 0.717) is 0 Å². The summed E-state index contributed by atoms with van der Waals surface area (Å²) in [6.45, 7) is 1.67. The summed E-state index contributed by atoms with van der Waals surface area (Å²) in [5.41, 5.74) is 1.11. The molecule has 0 spiro atoms. The third-order valence-corrected chi connectivity index (χ3v) is 4.00. The molecule has 0 radical (unpaired) electrons. The Labute approximate surface area is 88.2 Å². The molecule has 2 rings (SSSR count). The highest BCUT2D eigenvalue weighted by molar-refractivity contribution is 8.04. The lowest BCUT2D eigenvalue weighted by Crippen LogP contribution is -2.27. The highest BCUT2D eigenvalue weighted by atomic mass is 32.2. The van der Waals surface area contributed by atoms with E-state index < -0.39 is 0 Å². The number of benzene rings is 1. The summed E-state index contributed by atoms with van der Waals surface area (Å²) >= 11 is 1.62. The van der Waals surface area contributed by atoms with Crippen molar-refractivity contribution in [2.75, 3.05) is 0 Å². The van der Waals surface area contributed by atoms with Crippen molar-refractivity contribution >= 4 is 17.5 Å². The summed E-state index contributed by atoms with van der Waals surface area (Å²) in [6, 6.07) is 10.0. The van der Waals surface area contributed by atoms with Gasteiger partial charge in [-0.2, -0.15) is 0 Å². The van der Waals surface area contributed by atoms with Crippen LogP contribution in [0.3, 0.4) is 0 Å². The van der Waals surface area contributed by atoms with Gasteiger partial charge in [0.05, 0.1) is 0 Å². The van der Waals surface area contributed by atoms with Crippen LogP contribution in [0.4, 0.5) is 0 Å². The van der Waals surface area contributed by atoms with Crippen molar-refractivity contribution in [3.63, 3.8) is 0 Å². The van der Waals surface area contributed by atoms with Gasteiger partial charge >= 0.3 is 0 Å². The summed E-state index contributed by atoms with van der Waals surface area (Å²) in [5.74, 6) is 0.235. The minimum absolute atomic E-state index is 0.235. The summed E-state index contributed by atoms with van der Waals surface area (Å²) in [5, 5.41) is 2.02. The zero-order chi connectivity index (χ0) is 10.0. The Bertz CT molecular complexity index is 359. The monoisotopic (exact) mass is 204 g/mol. The number of Topliss-reactive ketones (excluding diaryl/α,β-unsaturated/α-hetero) is 1. The van der Waals surface area contributed by atoms with E-state index in [2.05, 4.69) is 6.08 Å². The van der Waals surface area contributed by atoms with Crippen LogP contribution in [0.15, 0.2) is 41.8 Å². The highest BCUT2D eigenvalue weighted by Crippen LogP contribution is 2.45. The smallest absolute Gasteiger partial charge is 0.150 e. The zero-order valence-corrected chi connectivity index (χ0v) is 8.88. The van der Waals surface area contributed by atoms with Crippen LogP contribution in [0.25, 0.3) is 0 Å². The number of allylic oxidation sites excluding steroid dienone is 1. The number of carbonyl (C=O) groups excluding carboxylic acids is 1. The van der Waals surface area contributed by atoms with Crippen LogP contribution in [0.5, 0.6) is 0 Å². The van der Waals surface area contributed by atoms with Crippen molar-refractivity contribution in [1.82, 2.24) is 0 Å². The molecule has 1 aromatic rings. The van der Waals surface area contributed by atoms with E-state index in [9.17, 15) is 4.79 Å². The average Bonchev–Trinajstić information content (AvgIpc) is 2.69. The molecule has 1 atom stereocenters. The molecule has 1 aliphatic rings. The molecule has 14 heavy (non-hydrogen) atoms. The van der Waals surface area contributed by atoms with Crippen molar-refractivity contribution < 1.29 is 4.79 Å². The van der Waals surface area contributed by atoms with E-state index in [1.807, 2.05) is 35.7 Å². The summed E-state index contributed by atoms with van der Waals surface area (Å²) in [4.78, 5) is 11.7. The van der Waals surface area contributed by atoms with Gasteiger partial charge in [-0.1, -0.05) is 36.4 Å². The maximum Gasteiger partial charge on any atom is 0.150 e. The Morgan fingerprint density at radius 1 is 1.36 bits per heavy atom. The lowest BCUT2D eigenvalue weighted by molar-refractivity contribution is -0.119. The molecule has 0 fully saturated rings. The topological polar surface area (TPSA) is 17.1 Å². The Kier molecular flexibility index (Phi) is 2.46. The summed E-state index contributed by atoms with van der Waals surface area (Å²) in [7, 11) is 0. The van der Waals surface area contributed by atoms with Crippen LogP contribution in [0.1, 0.15) is 18.9 Å². The van der Waals surface area contributed by atoms with Gasteiger partial charge in [-0.3, -0.25) is 4.79 Å². The first-order valence-corrected chi connectivity index (χ1v) is 5.53. The maximum absolute atomic E-state index is 11.7. The average molecular weight is 204 g/mol. The van der Waals surface area contributed by atoms with Crippen LogP contribution in [0, 0.1) is 0 Å². The molecule has 1 unspecified atom stereocenters. The SMILES string of the molecule is CC(=O)C1(c2ccccc2)CC=CS1. The minimum atomic E-state index is -0.346. The second-order valence-corrected chi connectivity index (χ2v) is 4.65. The number of ketones is 1. The molecule has 1 heterocycles. The molecule has 72 valence electrons. The van der Waals surface area contributed by atoms with E-state index in [1.54, 1.807) is 18.7 Å². The molecule has 0 aliphatic carbocycles. The highest BCUT2D eigenvalue weighted by Gasteiger charge is 2.38. The van der Waals surface area contributed by atoms with E-state index in [-0.39, 0.29) is 10.5 Å². The second-order valence-electron chi connectivity index (χ2n) is 3.44. The van der Waals surface area contributed by atoms with Gasteiger partial charge in [0.15, 0.2) is 5.78 Å². The zero-order valence-electron chi connectivity index (χ0n) is 8.07. The molecule has 0 saturated carbocycles. The lowest BCUT2D eigenvalue weighted by Gasteiger charge is -2.25. The molecule has 0 saturated heterocycles. The second kappa shape index (κ2) is 3.62. The first kappa shape index (κ1) is 9.53. The molecule has 0 bridgehead atoms. The molecule has 1 nitrogen and oxygen atoms in total. The molecule has 0 amide bonds. The number of thioether (sulfide) groups is 1.